The fourth-order valence-corrected chi connectivity index (χ4v) is 4.24. The normalized spacial score (nSPS) is 15.7. The molecule has 1 aromatic heterocycles. The van der Waals surface area contributed by atoms with Gasteiger partial charge in [-0.25, -0.2) is 0 Å². The summed E-state index contributed by atoms with van der Waals surface area (Å²) in [6, 6.07) is 9.03. The van der Waals surface area contributed by atoms with Crippen molar-refractivity contribution in [1.82, 2.24) is 4.98 Å². The number of hydrogen-bond donors (Lipinski definition) is 1. The third kappa shape index (κ3) is 5.03. The number of nitrogens with one attached hydrogen (secondary N) is 1. The van der Waals surface area contributed by atoms with E-state index in [-0.39, 0.29) is 6.10 Å². The van der Waals surface area contributed by atoms with Crippen LogP contribution in [-0.2, 0) is 4.74 Å². The molecule has 1 saturated heterocycles. The van der Waals surface area contributed by atoms with Gasteiger partial charge < -0.3 is 24.3 Å². The maximum absolute atomic E-state index is 9.70. The van der Waals surface area contributed by atoms with Crippen molar-refractivity contribution < 1.29 is 18.9 Å². The molecule has 33 heavy (non-hydrogen) atoms. The number of pyridine rings is 1. The molecule has 3 aromatic rings. The number of benzene rings is 2. The summed E-state index contributed by atoms with van der Waals surface area (Å²) in [5, 5.41) is 14.4. The van der Waals surface area contributed by atoms with Gasteiger partial charge in [0, 0.05) is 30.3 Å². The molecule has 1 aliphatic rings. The molecule has 0 amide bonds. The number of halogens is 2. The minimum atomic E-state index is 0.0623. The Morgan fingerprint density at radius 1 is 1.09 bits per heavy atom. The van der Waals surface area contributed by atoms with Crippen LogP contribution in [0.15, 0.2) is 30.5 Å². The number of rotatable bonds is 7. The molecule has 0 radical (unpaired) electrons. The first-order chi connectivity index (χ1) is 16.0. The molecule has 1 aliphatic heterocycles. The van der Waals surface area contributed by atoms with Gasteiger partial charge in [0.2, 0.25) is 0 Å². The van der Waals surface area contributed by atoms with E-state index >= 15 is 0 Å². The van der Waals surface area contributed by atoms with Gasteiger partial charge in [-0.3, -0.25) is 4.98 Å². The van der Waals surface area contributed by atoms with Crippen molar-refractivity contribution in [3.05, 3.63) is 46.1 Å². The summed E-state index contributed by atoms with van der Waals surface area (Å²) >= 11 is 12.6. The smallest absolute Gasteiger partial charge is 0.163 e. The number of nitriles is 1. The number of anilines is 2. The van der Waals surface area contributed by atoms with E-state index in [1.54, 1.807) is 31.4 Å². The highest BCUT2D eigenvalue weighted by molar-refractivity contribution is 6.37. The van der Waals surface area contributed by atoms with Crippen LogP contribution >= 0.6 is 23.2 Å². The Bertz CT molecular complexity index is 1210. The zero-order chi connectivity index (χ0) is 23.4. The van der Waals surface area contributed by atoms with Gasteiger partial charge in [0.05, 0.1) is 52.8 Å². The van der Waals surface area contributed by atoms with E-state index in [2.05, 4.69) is 16.4 Å². The molecule has 0 saturated carbocycles. The Morgan fingerprint density at radius 3 is 2.61 bits per heavy atom. The van der Waals surface area contributed by atoms with E-state index in [1.165, 1.54) is 13.3 Å². The van der Waals surface area contributed by atoms with E-state index in [1.807, 2.05) is 0 Å². The summed E-state index contributed by atoms with van der Waals surface area (Å²) in [4.78, 5) is 4.45. The molecule has 4 rings (SSSR count). The van der Waals surface area contributed by atoms with Crippen LogP contribution in [0.2, 0.25) is 10.0 Å². The summed E-state index contributed by atoms with van der Waals surface area (Å²) < 4.78 is 22.7. The topological polar surface area (TPSA) is 85.6 Å². The fourth-order valence-electron chi connectivity index (χ4n) is 3.73. The number of ether oxygens (including phenoxy) is 4. The standard InChI is InChI=1S/C24H23Cl2N3O4/c1-30-21-10-20(17(25)8-18(21)26)29-24-14(11-27)12-28-19-9-23(22(31-2)7-16(19)24)33-13-15-5-3-4-6-32-15/h7-10,12,15H,3-6,13H2,1-2H3,(H,28,29). The van der Waals surface area contributed by atoms with Gasteiger partial charge in [0.25, 0.3) is 0 Å². The van der Waals surface area contributed by atoms with Crippen LogP contribution in [0.25, 0.3) is 10.9 Å². The van der Waals surface area contributed by atoms with Gasteiger partial charge in [-0.1, -0.05) is 23.2 Å². The van der Waals surface area contributed by atoms with Gasteiger partial charge >= 0.3 is 0 Å². The molecular formula is C24H23Cl2N3O4. The molecule has 1 atom stereocenters. The van der Waals surface area contributed by atoms with Crippen molar-refractivity contribution in [1.29, 1.82) is 5.26 Å². The number of hydrogen-bond acceptors (Lipinski definition) is 7. The van der Waals surface area contributed by atoms with Gasteiger partial charge in [-0.2, -0.15) is 5.26 Å². The number of aromatic nitrogens is 1. The molecule has 0 spiro atoms. The van der Waals surface area contributed by atoms with Crippen molar-refractivity contribution in [2.45, 2.75) is 25.4 Å². The molecule has 7 nitrogen and oxygen atoms in total. The Kier molecular flexibility index (Phi) is 7.29. The van der Waals surface area contributed by atoms with Crippen molar-refractivity contribution in [3.63, 3.8) is 0 Å². The molecule has 2 heterocycles. The third-order valence-corrected chi connectivity index (χ3v) is 6.08. The average Bonchev–Trinajstić information content (AvgIpc) is 2.84. The summed E-state index contributed by atoms with van der Waals surface area (Å²) in [7, 11) is 3.09. The minimum absolute atomic E-state index is 0.0623. The van der Waals surface area contributed by atoms with E-state index in [0.29, 0.717) is 61.7 Å². The Hall–Kier alpha value is -2.92. The van der Waals surface area contributed by atoms with Gasteiger partial charge in [0.1, 0.15) is 18.4 Å². The predicted octanol–water partition coefficient (Wildman–Crippen LogP) is 6.12. The van der Waals surface area contributed by atoms with Crippen LogP contribution in [0.5, 0.6) is 17.2 Å². The van der Waals surface area contributed by atoms with E-state index in [9.17, 15) is 5.26 Å². The lowest BCUT2D eigenvalue weighted by Crippen LogP contribution is -2.25. The lowest BCUT2D eigenvalue weighted by atomic mass is 10.1. The predicted molar refractivity (Wildman–Crippen MR) is 128 cm³/mol. The van der Waals surface area contributed by atoms with E-state index in [4.69, 9.17) is 42.1 Å². The fraction of sp³-hybridized carbons (Fsp3) is 0.333. The molecule has 172 valence electrons. The van der Waals surface area contributed by atoms with E-state index < -0.39 is 0 Å². The van der Waals surface area contributed by atoms with Crippen molar-refractivity contribution >= 4 is 45.5 Å². The average molecular weight is 488 g/mol. The van der Waals surface area contributed by atoms with Gasteiger partial charge in [-0.05, 0) is 31.4 Å². The minimum Gasteiger partial charge on any atom is -0.495 e. The molecular weight excluding hydrogens is 465 g/mol. The molecule has 1 unspecified atom stereocenters. The zero-order valence-electron chi connectivity index (χ0n) is 18.3. The van der Waals surface area contributed by atoms with Crippen LogP contribution in [0.3, 0.4) is 0 Å². The number of methoxy groups -OCH3 is 2. The van der Waals surface area contributed by atoms with Crippen LogP contribution in [0.1, 0.15) is 24.8 Å². The molecule has 0 bridgehead atoms. The maximum Gasteiger partial charge on any atom is 0.163 e. The largest absolute Gasteiger partial charge is 0.495 e. The SMILES string of the molecule is COc1cc(Nc2c(C#N)cnc3cc(OCC4CCCCO4)c(OC)cc23)c(Cl)cc1Cl. The lowest BCUT2D eigenvalue weighted by Gasteiger charge is -2.23. The van der Waals surface area contributed by atoms with Crippen molar-refractivity contribution in [3.8, 4) is 23.3 Å². The monoisotopic (exact) mass is 487 g/mol. The number of fused-ring (bicyclic) bond motifs is 1. The van der Waals surface area contributed by atoms with Gasteiger partial charge in [0.15, 0.2) is 11.5 Å². The highest BCUT2D eigenvalue weighted by Crippen LogP contribution is 2.40. The van der Waals surface area contributed by atoms with Crippen LogP contribution < -0.4 is 19.5 Å². The highest BCUT2D eigenvalue weighted by Gasteiger charge is 2.19. The molecule has 1 N–H and O–H groups in total. The molecule has 9 heteroatoms. The van der Waals surface area contributed by atoms with Crippen molar-refractivity contribution in [2.24, 2.45) is 0 Å². The van der Waals surface area contributed by atoms with Crippen LogP contribution in [0, 0.1) is 11.3 Å². The van der Waals surface area contributed by atoms with Crippen LogP contribution in [-0.4, -0.2) is 38.5 Å². The van der Waals surface area contributed by atoms with Crippen molar-refractivity contribution in [2.75, 3.05) is 32.8 Å². The summed E-state index contributed by atoms with van der Waals surface area (Å²) in [5.74, 6) is 1.55. The molecule has 2 aromatic carbocycles. The third-order valence-electron chi connectivity index (χ3n) is 5.47. The second-order valence-electron chi connectivity index (χ2n) is 7.57. The highest BCUT2D eigenvalue weighted by atomic mass is 35.5. The maximum atomic E-state index is 9.70. The Balaban J connectivity index is 1.72. The molecule has 1 fully saturated rings. The van der Waals surface area contributed by atoms with Crippen LogP contribution in [0.4, 0.5) is 11.4 Å². The summed E-state index contributed by atoms with van der Waals surface area (Å²) in [6.07, 6.45) is 4.76. The lowest BCUT2D eigenvalue weighted by molar-refractivity contribution is -0.0114. The zero-order valence-corrected chi connectivity index (χ0v) is 19.8. The second-order valence-corrected chi connectivity index (χ2v) is 8.38. The van der Waals surface area contributed by atoms with E-state index in [0.717, 1.165) is 25.9 Å². The Morgan fingerprint density at radius 2 is 1.91 bits per heavy atom. The second kappa shape index (κ2) is 10.3. The first-order valence-corrected chi connectivity index (χ1v) is 11.2. The summed E-state index contributed by atoms with van der Waals surface area (Å²) in [6.45, 7) is 1.19. The quantitative estimate of drug-likeness (QED) is 0.429. The first-order valence-electron chi connectivity index (χ1n) is 10.5. The number of nitrogens with zero attached hydrogens (tertiary/aromatic N) is 2. The first kappa shape index (κ1) is 23.2. The Labute approximate surface area is 202 Å². The van der Waals surface area contributed by atoms with Gasteiger partial charge in [-0.15, -0.1) is 0 Å². The summed E-state index contributed by atoms with van der Waals surface area (Å²) in [5.41, 5.74) is 2.05. The molecule has 0 aliphatic carbocycles.